The summed E-state index contributed by atoms with van der Waals surface area (Å²) in [6.45, 7) is 4.69. The molecule has 0 unspecified atom stereocenters. The molecule has 0 radical (unpaired) electrons. The van der Waals surface area contributed by atoms with E-state index in [-0.39, 0.29) is 5.92 Å². The molecule has 7 nitrogen and oxygen atoms in total. The Morgan fingerprint density at radius 2 is 2.09 bits per heavy atom. The van der Waals surface area contributed by atoms with Crippen molar-refractivity contribution < 1.29 is 14.2 Å². The zero-order valence-corrected chi connectivity index (χ0v) is 12.7. The van der Waals surface area contributed by atoms with Gasteiger partial charge in [-0.15, -0.1) is 0 Å². The van der Waals surface area contributed by atoms with Gasteiger partial charge in [0, 0.05) is 18.9 Å². The fraction of sp³-hybridized carbons (Fsp3) is 0.400. The van der Waals surface area contributed by atoms with Gasteiger partial charge in [-0.2, -0.15) is 4.98 Å². The molecule has 1 aromatic heterocycles. The number of carbonyl (C=O) groups is 1. The fourth-order valence-corrected chi connectivity index (χ4v) is 1.68. The first kappa shape index (κ1) is 16.0. The minimum Gasteiger partial charge on any atom is -0.339 e. The summed E-state index contributed by atoms with van der Waals surface area (Å²) in [4.78, 5) is 20.9. The molecule has 0 saturated carbocycles. The van der Waals surface area contributed by atoms with Gasteiger partial charge in [-0.3, -0.25) is 4.84 Å². The van der Waals surface area contributed by atoms with Gasteiger partial charge in [-0.1, -0.05) is 49.3 Å². The van der Waals surface area contributed by atoms with Crippen LogP contribution in [0.4, 0.5) is 4.79 Å². The second-order valence-corrected chi connectivity index (χ2v) is 5.08. The van der Waals surface area contributed by atoms with Crippen molar-refractivity contribution in [2.24, 2.45) is 0 Å². The molecule has 2 aromatic rings. The van der Waals surface area contributed by atoms with E-state index in [9.17, 15) is 4.79 Å². The summed E-state index contributed by atoms with van der Waals surface area (Å²) in [7, 11) is 0. The minimum atomic E-state index is -0.403. The van der Waals surface area contributed by atoms with Crippen molar-refractivity contribution in [2.45, 2.75) is 32.8 Å². The van der Waals surface area contributed by atoms with E-state index >= 15 is 0 Å². The number of urea groups is 1. The van der Waals surface area contributed by atoms with Crippen LogP contribution in [0.15, 0.2) is 34.9 Å². The molecule has 0 bridgehead atoms. The number of nitrogens with one attached hydrogen (secondary N) is 2. The van der Waals surface area contributed by atoms with Crippen LogP contribution in [0, 0.1) is 0 Å². The number of benzene rings is 1. The maximum Gasteiger partial charge on any atom is 0.338 e. The van der Waals surface area contributed by atoms with Gasteiger partial charge >= 0.3 is 6.03 Å². The monoisotopic (exact) mass is 304 g/mol. The van der Waals surface area contributed by atoms with Crippen LogP contribution in [0.5, 0.6) is 0 Å². The SMILES string of the molecule is CC(C)c1noc(CCNC(=O)NOCc2ccccc2)n1. The van der Waals surface area contributed by atoms with Gasteiger partial charge in [0.25, 0.3) is 0 Å². The highest BCUT2D eigenvalue weighted by Gasteiger charge is 2.09. The van der Waals surface area contributed by atoms with Gasteiger partial charge in [0.05, 0.1) is 6.61 Å². The molecule has 7 heteroatoms. The lowest BCUT2D eigenvalue weighted by Gasteiger charge is -2.06. The summed E-state index contributed by atoms with van der Waals surface area (Å²) in [5, 5.41) is 6.51. The van der Waals surface area contributed by atoms with E-state index in [2.05, 4.69) is 20.9 Å². The van der Waals surface area contributed by atoms with Crippen LogP contribution >= 0.6 is 0 Å². The van der Waals surface area contributed by atoms with Gasteiger partial charge in [-0.25, -0.2) is 10.3 Å². The predicted molar refractivity (Wildman–Crippen MR) is 79.9 cm³/mol. The predicted octanol–water partition coefficient (Wildman–Crippen LogP) is 2.17. The Morgan fingerprint density at radius 3 is 2.77 bits per heavy atom. The van der Waals surface area contributed by atoms with Gasteiger partial charge in [0.15, 0.2) is 5.82 Å². The third-order valence-electron chi connectivity index (χ3n) is 2.87. The van der Waals surface area contributed by atoms with Crippen molar-refractivity contribution in [1.29, 1.82) is 0 Å². The molecule has 1 aromatic carbocycles. The quantitative estimate of drug-likeness (QED) is 0.765. The Balaban J connectivity index is 1.61. The maximum absolute atomic E-state index is 11.5. The summed E-state index contributed by atoms with van der Waals surface area (Å²) in [6, 6.07) is 9.18. The van der Waals surface area contributed by atoms with Crippen LogP contribution in [0.25, 0.3) is 0 Å². The highest BCUT2D eigenvalue weighted by Crippen LogP contribution is 2.09. The minimum absolute atomic E-state index is 0.222. The number of hydrogen-bond acceptors (Lipinski definition) is 5. The molecule has 0 aliphatic heterocycles. The Kier molecular flexibility index (Phi) is 5.91. The summed E-state index contributed by atoms with van der Waals surface area (Å²) >= 11 is 0. The molecule has 2 N–H and O–H groups in total. The van der Waals surface area contributed by atoms with E-state index < -0.39 is 6.03 Å². The molecule has 2 amide bonds. The molecular formula is C15H20N4O3. The number of rotatable bonds is 7. The number of nitrogens with zero attached hydrogens (tertiary/aromatic N) is 2. The van der Waals surface area contributed by atoms with Crippen LogP contribution < -0.4 is 10.8 Å². The number of amides is 2. The van der Waals surface area contributed by atoms with E-state index in [1.165, 1.54) is 0 Å². The first-order valence-corrected chi connectivity index (χ1v) is 7.17. The summed E-state index contributed by atoms with van der Waals surface area (Å²) in [5.74, 6) is 1.40. The van der Waals surface area contributed by atoms with E-state index in [1.807, 2.05) is 44.2 Å². The number of carbonyl (C=O) groups excluding carboxylic acids is 1. The Labute approximate surface area is 129 Å². The second-order valence-electron chi connectivity index (χ2n) is 5.08. The zero-order chi connectivity index (χ0) is 15.8. The topological polar surface area (TPSA) is 89.3 Å². The number of hydrogen-bond donors (Lipinski definition) is 2. The molecule has 0 saturated heterocycles. The van der Waals surface area contributed by atoms with Crippen LogP contribution in [-0.2, 0) is 17.9 Å². The van der Waals surface area contributed by atoms with Crippen molar-refractivity contribution in [2.75, 3.05) is 6.54 Å². The van der Waals surface area contributed by atoms with Crippen molar-refractivity contribution in [3.63, 3.8) is 0 Å². The average Bonchev–Trinajstić information content (AvgIpc) is 2.97. The molecule has 2 rings (SSSR count). The highest BCUT2D eigenvalue weighted by atomic mass is 16.7. The lowest BCUT2D eigenvalue weighted by Crippen LogP contribution is -2.36. The molecule has 118 valence electrons. The van der Waals surface area contributed by atoms with Gasteiger partial charge in [0.2, 0.25) is 5.89 Å². The molecule has 0 fully saturated rings. The third kappa shape index (κ3) is 5.17. The molecule has 0 aliphatic carbocycles. The van der Waals surface area contributed by atoms with Crippen molar-refractivity contribution in [1.82, 2.24) is 20.9 Å². The largest absolute Gasteiger partial charge is 0.339 e. The van der Waals surface area contributed by atoms with Crippen LogP contribution in [0.3, 0.4) is 0 Å². The van der Waals surface area contributed by atoms with E-state index in [4.69, 9.17) is 9.36 Å². The molecular weight excluding hydrogens is 284 g/mol. The summed E-state index contributed by atoms with van der Waals surface area (Å²) in [5.41, 5.74) is 3.31. The van der Waals surface area contributed by atoms with Crippen LogP contribution in [0.1, 0.15) is 37.0 Å². The standard InChI is InChI=1S/C15H20N4O3/c1-11(2)14-17-13(22-18-14)8-9-16-15(20)19-21-10-12-6-4-3-5-7-12/h3-7,11H,8-10H2,1-2H3,(H2,16,19,20). The zero-order valence-electron chi connectivity index (χ0n) is 12.7. The number of aromatic nitrogens is 2. The van der Waals surface area contributed by atoms with Crippen molar-refractivity contribution in [3.05, 3.63) is 47.6 Å². The Morgan fingerprint density at radius 1 is 1.32 bits per heavy atom. The number of hydroxylamine groups is 1. The first-order valence-electron chi connectivity index (χ1n) is 7.17. The van der Waals surface area contributed by atoms with Crippen molar-refractivity contribution >= 4 is 6.03 Å². The van der Waals surface area contributed by atoms with Gasteiger partial charge in [0.1, 0.15) is 0 Å². The normalized spacial score (nSPS) is 10.7. The molecule has 0 spiro atoms. The molecule has 1 heterocycles. The molecule has 22 heavy (non-hydrogen) atoms. The van der Waals surface area contributed by atoms with E-state index in [1.54, 1.807) is 0 Å². The third-order valence-corrected chi connectivity index (χ3v) is 2.87. The lowest BCUT2D eigenvalue weighted by atomic mass is 10.2. The summed E-state index contributed by atoms with van der Waals surface area (Å²) in [6.07, 6.45) is 0.478. The Hall–Kier alpha value is -2.41. The maximum atomic E-state index is 11.5. The van der Waals surface area contributed by atoms with Crippen LogP contribution in [-0.4, -0.2) is 22.7 Å². The molecule has 0 aliphatic rings. The Bertz CT molecular complexity index is 583. The van der Waals surface area contributed by atoms with Gasteiger partial charge < -0.3 is 9.84 Å². The lowest BCUT2D eigenvalue weighted by molar-refractivity contribution is 0.0491. The van der Waals surface area contributed by atoms with Gasteiger partial charge in [-0.05, 0) is 5.56 Å². The summed E-state index contributed by atoms with van der Waals surface area (Å²) < 4.78 is 5.08. The smallest absolute Gasteiger partial charge is 0.338 e. The van der Waals surface area contributed by atoms with E-state index in [0.717, 1.165) is 5.56 Å². The van der Waals surface area contributed by atoms with E-state index in [0.29, 0.717) is 31.3 Å². The first-order chi connectivity index (χ1) is 10.6. The van der Waals surface area contributed by atoms with Crippen LogP contribution in [0.2, 0.25) is 0 Å². The second kappa shape index (κ2) is 8.14. The fourth-order valence-electron chi connectivity index (χ4n) is 1.68. The average molecular weight is 304 g/mol. The molecule has 0 atom stereocenters. The highest BCUT2D eigenvalue weighted by molar-refractivity contribution is 5.72. The van der Waals surface area contributed by atoms with Crippen molar-refractivity contribution in [3.8, 4) is 0 Å².